The molecule has 0 saturated heterocycles. The highest BCUT2D eigenvalue weighted by atomic mass is 16.6. The molecular weight excluding hydrogens is 304 g/mol. The Kier molecular flexibility index (Phi) is 4.86. The highest BCUT2D eigenvalue weighted by Crippen LogP contribution is 2.20. The zero-order valence-electron chi connectivity index (χ0n) is 13.6. The fraction of sp³-hybridized carbons (Fsp3) is 0.167. The maximum absolute atomic E-state index is 5.97. The second-order valence-electron chi connectivity index (χ2n) is 5.17. The molecule has 0 aliphatic carbocycles. The quantitative estimate of drug-likeness (QED) is 0.559. The number of hydrogen-bond acceptors (Lipinski definition) is 5. The van der Waals surface area contributed by atoms with E-state index in [9.17, 15) is 0 Å². The van der Waals surface area contributed by atoms with Gasteiger partial charge in [0.1, 0.15) is 25.8 Å². The molecule has 6 nitrogen and oxygen atoms in total. The van der Waals surface area contributed by atoms with Crippen LogP contribution in [-0.2, 0) is 11.4 Å². The maximum atomic E-state index is 5.97. The molecule has 0 amide bonds. The first-order valence-corrected chi connectivity index (χ1v) is 7.53. The summed E-state index contributed by atoms with van der Waals surface area (Å²) < 4.78 is 5.97. The fourth-order valence-electron chi connectivity index (χ4n) is 2.38. The summed E-state index contributed by atoms with van der Waals surface area (Å²) >= 11 is 0. The third-order valence-corrected chi connectivity index (χ3v) is 3.57. The van der Waals surface area contributed by atoms with Gasteiger partial charge in [0.15, 0.2) is 11.5 Å². The van der Waals surface area contributed by atoms with E-state index in [0.717, 1.165) is 22.4 Å². The Morgan fingerprint density at radius 1 is 1.12 bits per heavy atom. The van der Waals surface area contributed by atoms with E-state index in [0.29, 0.717) is 18.1 Å². The number of hydrogen-bond donors (Lipinski definition) is 1. The Hall–Kier alpha value is -3.15. The van der Waals surface area contributed by atoms with Crippen LogP contribution in [0, 0.1) is 6.92 Å². The van der Waals surface area contributed by atoms with E-state index in [1.807, 2.05) is 55.5 Å². The smallest absolute Gasteiger partial charge is 0.178 e. The Morgan fingerprint density at radius 2 is 1.92 bits per heavy atom. The van der Waals surface area contributed by atoms with Crippen molar-refractivity contribution in [1.29, 1.82) is 0 Å². The molecule has 0 unspecified atom stereocenters. The lowest BCUT2D eigenvalue weighted by Gasteiger charge is -2.12. The molecule has 1 aromatic heterocycles. The summed E-state index contributed by atoms with van der Waals surface area (Å²) in [6.07, 6.45) is 1.44. The van der Waals surface area contributed by atoms with Crippen LogP contribution in [0.4, 0.5) is 0 Å². The standard InChI is InChI=1S/C18H18N4O2/c1-13-7-3-6-10-16(13)24-11-14-8-4-5-9-15(14)17(22-23-2)18-19-12-20-21-18/h3-10,12H,11H2,1-2H3,(H,19,20,21)/b22-17+. The molecule has 0 spiro atoms. The molecule has 0 aliphatic heterocycles. The van der Waals surface area contributed by atoms with Gasteiger partial charge in [0.25, 0.3) is 0 Å². The Balaban J connectivity index is 1.90. The molecule has 0 bridgehead atoms. The SMILES string of the molecule is CO/N=C(/c1ncn[nH]1)c1ccccc1COc1ccccc1C. The molecule has 0 saturated carbocycles. The van der Waals surface area contributed by atoms with Gasteiger partial charge in [-0.3, -0.25) is 5.10 Å². The number of ether oxygens (including phenoxy) is 1. The van der Waals surface area contributed by atoms with Crippen LogP contribution < -0.4 is 4.74 Å². The fourth-order valence-corrected chi connectivity index (χ4v) is 2.38. The summed E-state index contributed by atoms with van der Waals surface area (Å²) in [5, 5.41) is 10.8. The number of oxime groups is 1. The third-order valence-electron chi connectivity index (χ3n) is 3.57. The minimum Gasteiger partial charge on any atom is -0.489 e. The van der Waals surface area contributed by atoms with Gasteiger partial charge in [-0.2, -0.15) is 5.10 Å². The van der Waals surface area contributed by atoms with Crippen molar-refractivity contribution < 1.29 is 9.57 Å². The molecule has 2 aromatic carbocycles. The van der Waals surface area contributed by atoms with E-state index in [2.05, 4.69) is 20.3 Å². The maximum Gasteiger partial charge on any atom is 0.178 e. The van der Waals surface area contributed by atoms with Gasteiger partial charge >= 0.3 is 0 Å². The monoisotopic (exact) mass is 322 g/mol. The number of aromatic nitrogens is 3. The summed E-state index contributed by atoms with van der Waals surface area (Å²) in [4.78, 5) is 9.15. The van der Waals surface area contributed by atoms with Crippen molar-refractivity contribution in [2.24, 2.45) is 5.16 Å². The molecule has 0 atom stereocenters. The second kappa shape index (κ2) is 7.41. The van der Waals surface area contributed by atoms with Crippen LogP contribution >= 0.6 is 0 Å². The Morgan fingerprint density at radius 3 is 2.67 bits per heavy atom. The van der Waals surface area contributed by atoms with Crippen molar-refractivity contribution in [1.82, 2.24) is 15.2 Å². The number of rotatable bonds is 6. The zero-order chi connectivity index (χ0) is 16.8. The van der Waals surface area contributed by atoms with Gasteiger partial charge < -0.3 is 9.57 Å². The van der Waals surface area contributed by atoms with Crippen LogP contribution in [0.3, 0.4) is 0 Å². The topological polar surface area (TPSA) is 72.4 Å². The summed E-state index contributed by atoms with van der Waals surface area (Å²) in [6.45, 7) is 2.44. The molecular formula is C18H18N4O2. The number of aryl methyl sites for hydroxylation is 1. The molecule has 3 aromatic rings. The van der Waals surface area contributed by atoms with Crippen molar-refractivity contribution >= 4 is 5.71 Å². The van der Waals surface area contributed by atoms with E-state index >= 15 is 0 Å². The average Bonchev–Trinajstić information content (AvgIpc) is 3.14. The van der Waals surface area contributed by atoms with Gasteiger partial charge in [-0.1, -0.05) is 47.6 Å². The molecule has 3 rings (SSSR count). The number of para-hydroxylation sites is 1. The van der Waals surface area contributed by atoms with Crippen molar-refractivity contribution in [3.8, 4) is 5.75 Å². The number of benzene rings is 2. The lowest BCUT2D eigenvalue weighted by molar-refractivity contribution is 0.213. The molecule has 24 heavy (non-hydrogen) atoms. The first kappa shape index (κ1) is 15.7. The van der Waals surface area contributed by atoms with Gasteiger partial charge in [-0.05, 0) is 24.1 Å². The number of nitrogens with zero attached hydrogens (tertiary/aromatic N) is 3. The number of H-pyrrole nitrogens is 1. The van der Waals surface area contributed by atoms with Gasteiger partial charge in [0.05, 0.1) is 0 Å². The third kappa shape index (κ3) is 3.43. The largest absolute Gasteiger partial charge is 0.489 e. The van der Waals surface area contributed by atoms with Crippen molar-refractivity contribution in [2.75, 3.05) is 7.11 Å². The van der Waals surface area contributed by atoms with Crippen molar-refractivity contribution in [2.45, 2.75) is 13.5 Å². The van der Waals surface area contributed by atoms with Crippen molar-refractivity contribution in [3.63, 3.8) is 0 Å². The average molecular weight is 322 g/mol. The van der Waals surface area contributed by atoms with Gasteiger partial charge in [-0.25, -0.2) is 4.98 Å². The van der Waals surface area contributed by atoms with Crippen LogP contribution in [0.15, 0.2) is 60.0 Å². The Bertz CT molecular complexity index is 829. The van der Waals surface area contributed by atoms with E-state index in [1.165, 1.54) is 13.4 Å². The molecule has 0 radical (unpaired) electrons. The second-order valence-corrected chi connectivity index (χ2v) is 5.17. The number of nitrogens with one attached hydrogen (secondary N) is 1. The summed E-state index contributed by atoms with van der Waals surface area (Å²) in [5.41, 5.74) is 3.53. The van der Waals surface area contributed by atoms with Gasteiger partial charge in [-0.15, -0.1) is 0 Å². The minimum atomic E-state index is 0.415. The van der Waals surface area contributed by atoms with Crippen LogP contribution in [0.5, 0.6) is 5.75 Å². The molecule has 1 N–H and O–H groups in total. The minimum absolute atomic E-state index is 0.415. The predicted octanol–water partition coefficient (Wildman–Crippen LogP) is 3.09. The van der Waals surface area contributed by atoms with E-state index in [1.54, 1.807) is 0 Å². The summed E-state index contributed by atoms with van der Waals surface area (Å²) in [5.74, 6) is 1.40. The number of aromatic amines is 1. The van der Waals surface area contributed by atoms with Gasteiger partial charge in [0, 0.05) is 5.56 Å². The van der Waals surface area contributed by atoms with Crippen LogP contribution in [0.25, 0.3) is 0 Å². The van der Waals surface area contributed by atoms with Gasteiger partial charge in [0.2, 0.25) is 0 Å². The molecule has 1 heterocycles. The first-order valence-electron chi connectivity index (χ1n) is 7.53. The van der Waals surface area contributed by atoms with Crippen LogP contribution in [-0.4, -0.2) is 28.0 Å². The first-order chi connectivity index (χ1) is 11.8. The molecule has 6 heteroatoms. The Labute approximate surface area is 140 Å². The van der Waals surface area contributed by atoms with E-state index in [4.69, 9.17) is 9.57 Å². The normalized spacial score (nSPS) is 11.3. The summed E-state index contributed by atoms with van der Waals surface area (Å²) in [6, 6.07) is 15.8. The van der Waals surface area contributed by atoms with Crippen LogP contribution in [0.1, 0.15) is 22.5 Å². The predicted molar refractivity (Wildman–Crippen MR) is 91.0 cm³/mol. The van der Waals surface area contributed by atoms with Crippen molar-refractivity contribution in [3.05, 3.63) is 77.4 Å². The molecule has 122 valence electrons. The molecule has 0 fully saturated rings. The zero-order valence-corrected chi connectivity index (χ0v) is 13.6. The lowest BCUT2D eigenvalue weighted by Crippen LogP contribution is -2.11. The lowest BCUT2D eigenvalue weighted by atomic mass is 10.0. The van der Waals surface area contributed by atoms with E-state index < -0.39 is 0 Å². The van der Waals surface area contributed by atoms with E-state index in [-0.39, 0.29) is 0 Å². The highest BCUT2D eigenvalue weighted by molar-refractivity contribution is 6.11. The van der Waals surface area contributed by atoms with Crippen LogP contribution in [0.2, 0.25) is 0 Å². The molecule has 0 aliphatic rings. The highest BCUT2D eigenvalue weighted by Gasteiger charge is 2.15. The summed E-state index contributed by atoms with van der Waals surface area (Å²) in [7, 11) is 1.50.